The topological polar surface area (TPSA) is 64.6 Å². The number of rotatable bonds is 6. The zero-order valence-electron chi connectivity index (χ0n) is 10.6. The number of carbonyl (C=O) groups is 2. The van der Waals surface area contributed by atoms with Gasteiger partial charge >= 0.3 is 5.97 Å². The van der Waals surface area contributed by atoms with Crippen LogP contribution in [0, 0.1) is 0 Å². The normalized spacial score (nSPS) is 9.67. The van der Waals surface area contributed by atoms with E-state index in [9.17, 15) is 9.59 Å². The summed E-state index contributed by atoms with van der Waals surface area (Å²) in [6, 6.07) is 6.68. The summed E-state index contributed by atoms with van der Waals surface area (Å²) < 4.78 is 10.2. The lowest BCUT2D eigenvalue weighted by Crippen LogP contribution is -2.25. The molecule has 0 aromatic heterocycles. The Morgan fingerprint density at radius 1 is 1.22 bits per heavy atom. The Morgan fingerprint density at radius 2 is 1.89 bits per heavy atom. The van der Waals surface area contributed by atoms with E-state index in [-0.39, 0.29) is 11.9 Å². The van der Waals surface area contributed by atoms with Gasteiger partial charge in [-0.05, 0) is 31.2 Å². The van der Waals surface area contributed by atoms with Gasteiger partial charge in [0.25, 0.3) is 0 Å². The molecule has 0 spiro atoms. The smallest absolute Gasteiger partial charge is 0.338 e. The van der Waals surface area contributed by atoms with Gasteiger partial charge in [0.1, 0.15) is 12.4 Å². The molecular weight excluding hydrogens is 234 g/mol. The first-order valence-corrected chi connectivity index (χ1v) is 5.78. The molecule has 0 bridgehead atoms. The maximum atomic E-state index is 11.4. The summed E-state index contributed by atoms with van der Waals surface area (Å²) in [5, 5.41) is 2.62. The van der Waals surface area contributed by atoms with Crippen molar-refractivity contribution in [2.75, 3.05) is 19.8 Å². The first-order valence-electron chi connectivity index (χ1n) is 5.78. The Bertz CT molecular complexity index is 400. The number of benzene rings is 1. The lowest BCUT2D eigenvalue weighted by atomic mass is 10.2. The highest BCUT2D eigenvalue weighted by molar-refractivity contribution is 5.89. The Balaban J connectivity index is 2.40. The van der Waals surface area contributed by atoms with Crippen molar-refractivity contribution >= 4 is 11.9 Å². The lowest BCUT2D eigenvalue weighted by molar-refractivity contribution is -0.119. The molecule has 0 aliphatic heterocycles. The molecule has 0 atom stereocenters. The second-order valence-corrected chi connectivity index (χ2v) is 3.58. The molecule has 0 unspecified atom stereocenters. The van der Waals surface area contributed by atoms with Crippen LogP contribution in [-0.4, -0.2) is 31.6 Å². The fraction of sp³-hybridized carbons (Fsp3) is 0.385. The molecule has 1 aromatic rings. The molecule has 5 nitrogen and oxygen atoms in total. The van der Waals surface area contributed by atoms with Gasteiger partial charge in [0.15, 0.2) is 0 Å². The van der Waals surface area contributed by atoms with Crippen LogP contribution < -0.4 is 10.1 Å². The van der Waals surface area contributed by atoms with Gasteiger partial charge in [-0.3, -0.25) is 4.79 Å². The molecule has 0 saturated carbocycles. The Hall–Kier alpha value is -2.04. The van der Waals surface area contributed by atoms with Crippen molar-refractivity contribution in [2.24, 2.45) is 0 Å². The van der Waals surface area contributed by atoms with Gasteiger partial charge in [0, 0.05) is 6.92 Å². The van der Waals surface area contributed by atoms with Gasteiger partial charge in [-0.15, -0.1) is 0 Å². The summed E-state index contributed by atoms with van der Waals surface area (Å²) >= 11 is 0. The minimum Gasteiger partial charge on any atom is -0.492 e. The van der Waals surface area contributed by atoms with Crippen LogP contribution in [0.1, 0.15) is 24.2 Å². The third-order valence-electron chi connectivity index (χ3n) is 2.11. The molecule has 1 amide bonds. The minimum absolute atomic E-state index is 0.0868. The van der Waals surface area contributed by atoms with E-state index in [0.717, 1.165) is 0 Å². The highest BCUT2D eigenvalue weighted by atomic mass is 16.5. The van der Waals surface area contributed by atoms with Gasteiger partial charge in [-0.25, -0.2) is 4.79 Å². The Labute approximate surface area is 106 Å². The first-order chi connectivity index (χ1) is 8.63. The fourth-order valence-electron chi connectivity index (χ4n) is 1.30. The predicted molar refractivity (Wildman–Crippen MR) is 66.6 cm³/mol. The zero-order valence-corrected chi connectivity index (χ0v) is 10.6. The van der Waals surface area contributed by atoms with Gasteiger partial charge in [0.2, 0.25) is 5.91 Å². The summed E-state index contributed by atoms with van der Waals surface area (Å²) in [5.41, 5.74) is 0.492. The molecular formula is C13H17NO4. The van der Waals surface area contributed by atoms with Crippen LogP contribution in [0.3, 0.4) is 0 Å². The second kappa shape index (κ2) is 7.32. The van der Waals surface area contributed by atoms with Crippen molar-refractivity contribution in [3.63, 3.8) is 0 Å². The molecule has 0 aliphatic rings. The maximum Gasteiger partial charge on any atom is 0.338 e. The molecule has 0 saturated heterocycles. The molecule has 5 heteroatoms. The van der Waals surface area contributed by atoms with E-state index in [1.807, 2.05) is 0 Å². The number of hydrogen-bond acceptors (Lipinski definition) is 4. The van der Waals surface area contributed by atoms with E-state index >= 15 is 0 Å². The molecule has 1 rings (SSSR count). The van der Waals surface area contributed by atoms with Crippen LogP contribution in [-0.2, 0) is 9.53 Å². The number of hydrogen-bond donors (Lipinski definition) is 1. The summed E-state index contributed by atoms with van der Waals surface area (Å²) in [4.78, 5) is 22.0. The molecule has 1 N–H and O–H groups in total. The summed E-state index contributed by atoms with van der Waals surface area (Å²) in [6.07, 6.45) is 0. The maximum absolute atomic E-state index is 11.4. The second-order valence-electron chi connectivity index (χ2n) is 3.58. The molecule has 18 heavy (non-hydrogen) atoms. The van der Waals surface area contributed by atoms with Crippen molar-refractivity contribution in [1.29, 1.82) is 0 Å². The third kappa shape index (κ3) is 4.86. The van der Waals surface area contributed by atoms with E-state index in [2.05, 4.69) is 5.32 Å². The number of esters is 1. The van der Waals surface area contributed by atoms with Crippen LogP contribution in [0.15, 0.2) is 24.3 Å². The highest BCUT2D eigenvalue weighted by Crippen LogP contribution is 2.12. The van der Waals surface area contributed by atoms with Gasteiger partial charge in [0.05, 0.1) is 18.7 Å². The monoisotopic (exact) mass is 251 g/mol. The standard InChI is InChI=1S/C13H17NO4/c1-3-17-13(16)11-4-6-12(7-5-11)18-9-8-14-10(2)15/h4-7H,3,8-9H2,1-2H3,(H,14,15). The largest absolute Gasteiger partial charge is 0.492 e. The van der Waals surface area contributed by atoms with Gasteiger partial charge < -0.3 is 14.8 Å². The number of amides is 1. The van der Waals surface area contributed by atoms with Crippen LogP contribution in [0.4, 0.5) is 0 Å². The van der Waals surface area contributed by atoms with Crippen molar-refractivity contribution in [3.8, 4) is 5.75 Å². The van der Waals surface area contributed by atoms with Gasteiger partial charge in [-0.1, -0.05) is 0 Å². The van der Waals surface area contributed by atoms with E-state index in [4.69, 9.17) is 9.47 Å². The lowest BCUT2D eigenvalue weighted by Gasteiger charge is -2.07. The fourth-order valence-corrected chi connectivity index (χ4v) is 1.30. The molecule has 1 aromatic carbocycles. The van der Waals surface area contributed by atoms with Crippen molar-refractivity contribution < 1.29 is 19.1 Å². The zero-order chi connectivity index (χ0) is 13.4. The number of nitrogens with one attached hydrogen (secondary N) is 1. The highest BCUT2D eigenvalue weighted by Gasteiger charge is 2.05. The van der Waals surface area contributed by atoms with Crippen molar-refractivity contribution in [3.05, 3.63) is 29.8 Å². The van der Waals surface area contributed by atoms with E-state index in [0.29, 0.717) is 31.1 Å². The Morgan fingerprint density at radius 3 is 2.44 bits per heavy atom. The quantitative estimate of drug-likeness (QED) is 0.612. The van der Waals surface area contributed by atoms with Crippen molar-refractivity contribution in [1.82, 2.24) is 5.32 Å². The molecule has 0 radical (unpaired) electrons. The van der Waals surface area contributed by atoms with Crippen LogP contribution in [0.5, 0.6) is 5.75 Å². The molecule has 0 aliphatic carbocycles. The number of carbonyl (C=O) groups excluding carboxylic acids is 2. The van der Waals surface area contributed by atoms with E-state index < -0.39 is 0 Å². The molecule has 0 fully saturated rings. The average Bonchev–Trinajstić information content (AvgIpc) is 2.35. The van der Waals surface area contributed by atoms with Crippen LogP contribution in [0.25, 0.3) is 0 Å². The van der Waals surface area contributed by atoms with Crippen LogP contribution >= 0.6 is 0 Å². The predicted octanol–water partition coefficient (Wildman–Crippen LogP) is 1.38. The average molecular weight is 251 g/mol. The van der Waals surface area contributed by atoms with Crippen molar-refractivity contribution in [2.45, 2.75) is 13.8 Å². The van der Waals surface area contributed by atoms with Crippen LogP contribution in [0.2, 0.25) is 0 Å². The van der Waals surface area contributed by atoms with E-state index in [1.54, 1.807) is 31.2 Å². The van der Waals surface area contributed by atoms with E-state index in [1.165, 1.54) is 6.92 Å². The first kappa shape index (κ1) is 14.0. The summed E-state index contributed by atoms with van der Waals surface area (Å²) in [5.74, 6) is 0.215. The van der Waals surface area contributed by atoms with Gasteiger partial charge in [-0.2, -0.15) is 0 Å². The SMILES string of the molecule is CCOC(=O)c1ccc(OCCNC(C)=O)cc1. The third-order valence-corrected chi connectivity index (χ3v) is 2.11. The summed E-state index contributed by atoms with van der Waals surface area (Å²) in [7, 11) is 0. The Kier molecular flexibility index (Phi) is 5.70. The molecule has 0 heterocycles. The number of ether oxygens (including phenoxy) is 2. The minimum atomic E-state index is -0.345. The summed E-state index contributed by atoms with van der Waals surface area (Å²) in [6.45, 7) is 4.41. The molecule has 98 valence electrons.